The quantitative estimate of drug-likeness (QED) is 0.641. The minimum Gasteiger partial charge on any atom is -0.480 e. The molecule has 0 aromatic rings. The van der Waals surface area contributed by atoms with E-state index in [1.165, 1.54) is 0 Å². The Labute approximate surface area is 108 Å². The first-order valence-corrected chi connectivity index (χ1v) is 6.84. The molecule has 5 heteroatoms. The zero-order valence-corrected chi connectivity index (χ0v) is 11.3. The van der Waals surface area contributed by atoms with E-state index in [1.807, 2.05) is 13.8 Å². The third-order valence-electron chi connectivity index (χ3n) is 3.54. The summed E-state index contributed by atoms with van der Waals surface area (Å²) in [4.78, 5) is 23.4. The molecule has 1 aliphatic rings. The van der Waals surface area contributed by atoms with Crippen molar-refractivity contribution < 1.29 is 14.7 Å². The van der Waals surface area contributed by atoms with Crippen molar-refractivity contribution in [3.63, 3.8) is 0 Å². The summed E-state index contributed by atoms with van der Waals surface area (Å²) in [5.74, 6) is -1.10. The van der Waals surface area contributed by atoms with E-state index in [0.29, 0.717) is 6.42 Å². The van der Waals surface area contributed by atoms with Gasteiger partial charge in [-0.05, 0) is 32.2 Å². The maximum Gasteiger partial charge on any atom is 0.326 e. The number of rotatable bonds is 7. The highest BCUT2D eigenvalue weighted by atomic mass is 16.4. The Hall–Kier alpha value is -1.10. The normalized spacial score (nSPS) is 24.8. The second kappa shape index (κ2) is 6.73. The predicted molar refractivity (Wildman–Crippen MR) is 69.4 cm³/mol. The van der Waals surface area contributed by atoms with Gasteiger partial charge in [-0.25, -0.2) is 4.79 Å². The summed E-state index contributed by atoms with van der Waals surface area (Å²) < 4.78 is 0. The summed E-state index contributed by atoms with van der Waals surface area (Å²) in [6, 6.07) is -0.765. The maximum atomic E-state index is 12.3. The number of hydrogen-bond acceptors (Lipinski definition) is 3. The van der Waals surface area contributed by atoms with Gasteiger partial charge in [0, 0.05) is 0 Å². The van der Waals surface area contributed by atoms with Crippen LogP contribution < -0.4 is 10.6 Å². The number of hydrogen-bond donors (Lipinski definition) is 3. The highest BCUT2D eigenvalue weighted by Gasteiger charge is 2.41. The summed E-state index contributed by atoms with van der Waals surface area (Å²) in [7, 11) is 0. The van der Waals surface area contributed by atoms with Crippen molar-refractivity contribution >= 4 is 11.9 Å². The van der Waals surface area contributed by atoms with Crippen molar-refractivity contribution in [2.24, 2.45) is 0 Å². The first kappa shape index (κ1) is 15.0. The number of carboxylic acid groups (broad SMARTS) is 1. The summed E-state index contributed by atoms with van der Waals surface area (Å²) in [5.41, 5.74) is -0.545. The van der Waals surface area contributed by atoms with Crippen molar-refractivity contribution in [1.82, 2.24) is 10.6 Å². The maximum absolute atomic E-state index is 12.3. The Bertz CT molecular complexity index is 299. The van der Waals surface area contributed by atoms with Gasteiger partial charge in [-0.3, -0.25) is 4.79 Å². The first-order chi connectivity index (χ1) is 8.55. The van der Waals surface area contributed by atoms with Crippen molar-refractivity contribution in [2.75, 3.05) is 6.54 Å². The lowest BCUT2D eigenvalue weighted by Crippen LogP contribution is -2.57. The van der Waals surface area contributed by atoms with Crippen LogP contribution in [0.5, 0.6) is 0 Å². The molecule has 104 valence electrons. The lowest BCUT2D eigenvalue weighted by atomic mass is 9.90. The average molecular weight is 256 g/mol. The molecular formula is C13H24N2O3. The molecule has 1 amide bonds. The van der Waals surface area contributed by atoms with Crippen LogP contribution in [0.4, 0.5) is 0 Å². The van der Waals surface area contributed by atoms with Crippen LogP contribution in [0.1, 0.15) is 52.4 Å². The zero-order chi connectivity index (χ0) is 13.6. The van der Waals surface area contributed by atoms with Gasteiger partial charge in [0.05, 0.1) is 5.54 Å². The molecule has 3 N–H and O–H groups in total. The van der Waals surface area contributed by atoms with Gasteiger partial charge in [0.15, 0.2) is 0 Å². The highest BCUT2D eigenvalue weighted by molar-refractivity contribution is 5.90. The van der Waals surface area contributed by atoms with Crippen LogP contribution in [0, 0.1) is 0 Å². The van der Waals surface area contributed by atoms with Gasteiger partial charge in [-0.2, -0.15) is 0 Å². The van der Waals surface area contributed by atoms with Crippen molar-refractivity contribution in [2.45, 2.75) is 64.0 Å². The Balaban J connectivity index is 2.68. The predicted octanol–water partition coefficient (Wildman–Crippen LogP) is 1.28. The summed E-state index contributed by atoms with van der Waals surface area (Å²) in [6.07, 6.45) is 4.65. The molecule has 1 unspecified atom stereocenters. The van der Waals surface area contributed by atoms with E-state index in [9.17, 15) is 9.59 Å². The fourth-order valence-corrected chi connectivity index (χ4v) is 2.60. The number of carbonyl (C=O) groups is 2. The van der Waals surface area contributed by atoms with Crippen molar-refractivity contribution in [3.05, 3.63) is 0 Å². The molecule has 0 radical (unpaired) electrons. The minimum absolute atomic E-state index is 0.150. The van der Waals surface area contributed by atoms with Crippen LogP contribution in [0.25, 0.3) is 0 Å². The van der Waals surface area contributed by atoms with Crippen LogP contribution in [-0.2, 0) is 9.59 Å². The molecule has 0 aromatic carbocycles. The van der Waals surface area contributed by atoms with Gasteiger partial charge < -0.3 is 15.7 Å². The molecular weight excluding hydrogens is 232 g/mol. The van der Waals surface area contributed by atoms with Crippen LogP contribution in [-0.4, -0.2) is 35.1 Å². The lowest BCUT2D eigenvalue weighted by molar-refractivity contribution is -0.143. The molecule has 5 nitrogen and oxygen atoms in total. The summed E-state index contributed by atoms with van der Waals surface area (Å²) in [6.45, 7) is 4.78. The third kappa shape index (κ3) is 3.45. The second-order valence-corrected chi connectivity index (χ2v) is 5.02. The summed E-state index contributed by atoms with van der Waals surface area (Å²) >= 11 is 0. The van der Waals surface area contributed by atoms with Gasteiger partial charge in [0.2, 0.25) is 5.91 Å². The third-order valence-corrected chi connectivity index (χ3v) is 3.54. The SMILES string of the molecule is CCC[C@H](NC(=O)C1(CCC)CCCN1)C(=O)O. The van der Waals surface area contributed by atoms with E-state index in [0.717, 1.165) is 38.6 Å². The molecule has 0 spiro atoms. The molecule has 1 rings (SSSR count). The number of amides is 1. The number of aliphatic carboxylic acids is 1. The smallest absolute Gasteiger partial charge is 0.326 e. The van der Waals surface area contributed by atoms with Gasteiger partial charge >= 0.3 is 5.97 Å². The topological polar surface area (TPSA) is 78.4 Å². The molecule has 0 saturated carbocycles. The molecule has 2 atom stereocenters. The zero-order valence-electron chi connectivity index (χ0n) is 11.3. The second-order valence-electron chi connectivity index (χ2n) is 5.02. The van der Waals surface area contributed by atoms with Crippen molar-refractivity contribution in [3.8, 4) is 0 Å². The van der Waals surface area contributed by atoms with Gasteiger partial charge in [-0.15, -0.1) is 0 Å². The van der Waals surface area contributed by atoms with E-state index in [4.69, 9.17) is 5.11 Å². The summed E-state index contributed by atoms with van der Waals surface area (Å²) in [5, 5.41) is 15.0. The molecule has 1 heterocycles. The van der Waals surface area contributed by atoms with Crippen LogP contribution >= 0.6 is 0 Å². The van der Waals surface area contributed by atoms with Crippen molar-refractivity contribution in [1.29, 1.82) is 0 Å². The van der Waals surface area contributed by atoms with E-state index in [-0.39, 0.29) is 5.91 Å². The van der Waals surface area contributed by atoms with Gasteiger partial charge in [0.25, 0.3) is 0 Å². The van der Waals surface area contributed by atoms with E-state index >= 15 is 0 Å². The van der Waals surface area contributed by atoms with E-state index in [1.54, 1.807) is 0 Å². The van der Waals surface area contributed by atoms with Crippen LogP contribution in [0.15, 0.2) is 0 Å². The molecule has 0 aromatic heterocycles. The fourth-order valence-electron chi connectivity index (χ4n) is 2.60. The number of nitrogens with one attached hydrogen (secondary N) is 2. The van der Waals surface area contributed by atoms with Gasteiger partial charge in [-0.1, -0.05) is 26.7 Å². The van der Waals surface area contributed by atoms with Gasteiger partial charge in [0.1, 0.15) is 6.04 Å². The Morgan fingerprint density at radius 2 is 2.11 bits per heavy atom. The van der Waals surface area contributed by atoms with Crippen LogP contribution in [0.2, 0.25) is 0 Å². The Morgan fingerprint density at radius 1 is 1.39 bits per heavy atom. The highest BCUT2D eigenvalue weighted by Crippen LogP contribution is 2.25. The van der Waals surface area contributed by atoms with E-state index in [2.05, 4.69) is 10.6 Å². The Morgan fingerprint density at radius 3 is 2.56 bits per heavy atom. The average Bonchev–Trinajstić information content (AvgIpc) is 2.78. The minimum atomic E-state index is -0.949. The standard InChI is InChI=1S/C13H24N2O3/c1-3-6-10(11(16)17)15-12(18)13(7-4-2)8-5-9-14-13/h10,14H,3-9H2,1-2H3,(H,15,18)(H,16,17)/t10-,13?/m0/s1. The van der Waals surface area contributed by atoms with E-state index < -0.39 is 17.6 Å². The lowest BCUT2D eigenvalue weighted by Gasteiger charge is -2.29. The molecule has 1 aliphatic heterocycles. The van der Waals surface area contributed by atoms with Crippen LogP contribution in [0.3, 0.4) is 0 Å². The molecule has 0 aliphatic carbocycles. The molecule has 1 fully saturated rings. The number of carboxylic acids is 1. The molecule has 0 bridgehead atoms. The first-order valence-electron chi connectivity index (χ1n) is 6.84. The Kier molecular flexibility index (Phi) is 5.59. The largest absolute Gasteiger partial charge is 0.480 e. The molecule has 1 saturated heterocycles. The number of carbonyl (C=O) groups excluding carboxylic acids is 1. The molecule has 18 heavy (non-hydrogen) atoms. The monoisotopic (exact) mass is 256 g/mol. The fraction of sp³-hybridized carbons (Fsp3) is 0.846.